The highest BCUT2D eigenvalue weighted by atomic mass is 16.5. The maximum absolute atomic E-state index is 14.0. The number of hydrogen-bond donors (Lipinski definition) is 4. The Morgan fingerprint density at radius 3 is 1.90 bits per heavy atom. The number of imidazole rings is 2. The molecule has 4 aliphatic rings. The van der Waals surface area contributed by atoms with Gasteiger partial charge < -0.3 is 35.0 Å². The predicted octanol–water partition coefficient (Wildman–Crippen LogP) is 8.80. The van der Waals surface area contributed by atoms with Crippen molar-refractivity contribution in [1.82, 2.24) is 35.5 Å². The highest BCUT2D eigenvalue weighted by Gasteiger charge is 2.56. The topological polar surface area (TPSA) is 171 Å². The molecule has 1 spiro atoms. The summed E-state index contributed by atoms with van der Waals surface area (Å²) in [6.45, 7) is 8.43. The smallest absolute Gasteiger partial charge is 0.407 e. The van der Waals surface area contributed by atoms with Gasteiger partial charge in [-0.2, -0.15) is 0 Å². The molecule has 13 heteroatoms. The van der Waals surface area contributed by atoms with Crippen LogP contribution >= 0.6 is 0 Å². The van der Waals surface area contributed by atoms with Gasteiger partial charge in [0.25, 0.3) is 0 Å². The van der Waals surface area contributed by atoms with Gasteiger partial charge in [0, 0.05) is 23.9 Å². The molecule has 2 bridgehead atoms. The summed E-state index contributed by atoms with van der Waals surface area (Å²) in [4.78, 5) is 71.0. The van der Waals surface area contributed by atoms with E-state index in [-0.39, 0.29) is 46.8 Å². The summed E-state index contributed by atoms with van der Waals surface area (Å²) in [6, 6.07) is 19.9. The van der Waals surface area contributed by atoms with E-state index < -0.39 is 24.3 Å². The number of Topliss-reactive ketones (excluding diaryl/α,β-unsaturated/α-hetero) is 1. The maximum atomic E-state index is 14.0. The summed E-state index contributed by atoms with van der Waals surface area (Å²) < 4.78 is 9.67. The zero-order valence-corrected chi connectivity index (χ0v) is 36.4. The van der Waals surface area contributed by atoms with Crippen molar-refractivity contribution in [3.05, 3.63) is 84.7 Å². The monoisotopic (exact) mass is 839 g/mol. The Labute approximate surface area is 362 Å². The third-order valence-electron chi connectivity index (χ3n) is 14.3. The van der Waals surface area contributed by atoms with E-state index in [0.717, 1.165) is 94.6 Å². The normalized spacial score (nSPS) is 23.2. The van der Waals surface area contributed by atoms with Crippen LogP contribution in [-0.4, -0.2) is 81.6 Å². The number of H-pyrrole nitrogens is 2. The molecule has 3 heterocycles. The molecule has 3 saturated carbocycles. The van der Waals surface area contributed by atoms with Crippen LogP contribution in [0, 0.1) is 35.0 Å². The van der Waals surface area contributed by atoms with Gasteiger partial charge in [-0.3, -0.25) is 9.59 Å². The number of carbonyl (C=O) groups excluding carboxylic acids is 4. The number of rotatable bonds is 12. The number of methoxy groups -OCH3 is 2. The Bertz CT molecular complexity index is 2500. The van der Waals surface area contributed by atoms with Crippen molar-refractivity contribution in [2.24, 2.45) is 35.0 Å². The molecule has 2 aromatic heterocycles. The SMILES string of the molecule is COC(=O)N[C@H](C(=O)C1[C@@H]2CC[C@@H](C2)[C@H]1c1ncc(-c2ccc(-c3ccc4cc(-c5cnc([C@@H]6CC7(CC7)CN6C(=O)[C@@H](NC(=O)OC)C(C)C)[nH]5)ccc4c3)cc2)[nH]1)C(C)C. The lowest BCUT2D eigenvalue weighted by Gasteiger charge is -2.32. The molecule has 62 heavy (non-hydrogen) atoms. The molecule has 5 aromatic rings. The lowest BCUT2D eigenvalue weighted by atomic mass is 9.73. The van der Waals surface area contributed by atoms with E-state index in [4.69, 9.17) is 19.4 Å². The molecular formula is C49H57N7O6. The number of alkyl carbamates (subject to hydrolysis) is 2. The molecule has 9 rings (SSSR count). The number of aromatic nitrogens is 4. The number of ether oxygens (including phenoxy) is 2. The lowest BCUT2D eigenvalue weighted by molar-refractivity contribution is -0.135. The third-order valence-corrected chi connectivity index (χ3v) is 14.3. The molecule has 0 radical (unpaired) electrons. The first-order chi connectivity index (χ1) is 29.8. The summed E-state index contributed by atoms with van der Waals surface area (Å²) in [5.41, 5.74) is 6.16. The molecule has 13 nitrogen and oxygen atoms in total. The van der Waals surface area contributed by atoms with Gasteiger partial charge in [-0.15, -0.1) is 0 Å². The Morgan fingerprint density at radius 2 is 1.26 bits per heavy atom. The number of benzene rings is 3. The third kappa shape index (κ3) is 7.75. The Balaban J connectivity index is 0.893. The molecule has 3 amide bonds. The number of carbonyl (C=O) groups is 4. The van der Waals surface area contributed by atoms with Crippen molar-refractivity contribution in [2.45, 2.75) is 90.3 Å². The van der Waals surface area contributed by atoms with Gasteiger partial charge in [0.1, 0.15) is 17.7 Å². The minimum atomic E-state index is -0.686. The second-order valence-electron chi connectivity index (χ2n) is 18.9. The maximum Gasteiger partial charge on any atom is 0.407 e. The van der Waals surface area contributed by atoms with Gasteiger partial charge in [0.05, 0.1) is 50.1 Å². The fraction of sp³-hybridized carbons (Fsp3) is 0.469. The van der Waals surface area contributed by atoms with Gasteiger partial charge in [0.15, 0.2) is 5.78 Å². The first-order valence-corrected chi connectivity index (χ1v) is 22.1. The van der Waals surface area contributed by atoms with E-state index in [1.54, 1.807) is 0 Å². The number of hydrogen-bond acceptors (Lipinski definition) is 8. The van der Waals surface area contributed by atoms with Crippen LogP contribution in [0.1, 0.15) is 89.8 Å². The first-order valence-electron chi connectivity index (χ1n) is 22.1. The van der Waals surface area contributed by atoms with Crippen LogP contribution in [0.4, 0.5) is 9.59 Å². The van der Waals surface area contributed by atoms with E-state index >= 15 is 0 Å². The summed E-state index contributed by atoms with van der Waals surface area (Å²) in [5.74, 6) is 1.90. The second kappa shape index (κ2) is 16.4. The van der Waals surface area contributed by atoms with Crippen LogP contribution in [-0.2, 0) is 19.1 Å². The number of nitrogens with one attached hydrogen (secondary N) is 4. The summed E-state index contributed by atoms with van der Waals surface area (Å²) >= 11 is 0. The van der Waals surface area contributed by atoms with Gasteiger partial charge in [-0.1, -0.05) is 76.2 Å². The quantitative estimate of drug-likeness (QED) is 0.0966. The standard InChI is InChI=1S/C49H57N7O6/c1-26(2)41(54-47(59)61-5)43(57)39-34-15-16-35(21-34)40(39)45-51-23-36(53-45)29-9-7-28(8-10-29)30-11-12-32-20-33(14-13-31(32)19-30)37-24-50-44(52-37)38-22-49(17-18-49)25-56(38)46(58)42(27(3)4)55-48(60)62-6/h7-14,19-20,23-24,26-27,34-35,38-42H,15-18,21-22,25H2,1-6H3,(H,50,52)(H,51,53)(H,54,59)(H,55,60)/t34-,35+,38+,39?,40-,41+,42+/m1/s1. The molecular weight excluding hydrogens is 783 g/mol. The van der Waals surface area contributed by atoms with Crippen LogP contribution in [0.3, 0.4) is 0 Å². The van der Waals surface area contributed by atoms with Crippen molar-refractivity contribution in [2.75, 3.05) is 20.8 Å². The number of aromatic amines is 2. The predicted molar refractivity (Wildman–Crippen MR) is 236 cm³/mol. The van der Waals surface area contributed by atoms with Gasteiger partial charge >= 0.3 is 12.2 Å². The van der Waals surface area contributed by atoms with Crippen LogP contribution < -0.4 is 10.6 Å². The molecule has 4 N–H and O–H groups in total. The Kier molecular flexibility index (Phi) is 10.9. The number of likely N-dealkylation sites (tertiary alicyclic amines) is 1. The number of nitrogens with zero attached hydrogens (tertiary/aromatic N) is 3. The van der Waals surface area contributed by atoms with Gasteiger partial charge in [-0.05, 0) is 107 Å². The zero-order valence-electron chi connectivity index (χ0n) is 36.4. The molecule has 3 aromatic carbocycles. The fourth-order valence-electron chi connectivity index (χ4n) is 10.7. The molecule has 324 valence electrons. The highest BCUT2D eigenvalue weighted by Crippen LogP contribution is 2.59. The summed E-state index contributed by atoms with van der Waals surface area (Å²) in [7, 11) is 2.63. The Hall–Kier alpha value is -5.98. The fourth-order valence-corrected chi connectivity index (χ4v) is 10.7. The van der Waals surface area contributed by atoms with Crippen LogP contribution in [0.15, 0.2) is 73.1 Å². The number of fused-ring (bicyclic) bond motifs is 3. The highest BCUT2D eigenvalue weighted by molar-refractivity contribution is 5.92. The first kappa shape index (κ1) is 41.4. The van der Waals surface area contributed by atoms with Gasteiger partial charge in [0.2, 0.25) is 5.91 Å². The zero-order chi connectivity index (χ0) is 43.4. The number of ketones is 1. The minimum Gasteiger partial charge on any atom is -0.453 e. The van der Waals surface area contributed by atoms with Gasteiger partial charge in [-0.25, -0.2) is 19.6 Å². The molecule has 1 aliphatic heterocycles. The second-order valence-corrected chi connectivity index (χ2v) is 18.9. The average molecular weight is 840 g/mol. The van der Waals surface area contributed by atoms with E-state index in [2.05, 4.69) is 81.3 Å². The molecule has 1 saturated heterocycles. The van der Waals surface area contributed by atoms with E-state index in [0.29, 0.717) is 18.4 Å². The van der Waals surface area contributed by atoms with E-state index in [1.165, 1.54) is 14.2 Å². The largest absolute Gasteiger partial charge is 0.453 e. The summed E-state index contributed by atoms with van der Waals surface area (Å²) in [5, 5.41) is 7.78. The number of amides is 3. The molecule has 7 atom stereocenters. The molecule has 4 fully saturated rings. The lowest BCUT2D eigenvalue weighted by Crippen LogP contribution is -2.51. The molecule has 3 aliphatic carbocycles. The summed E-state index contributed by atoms with van der Waals surface area (Å²) in [6.07, 6.45) is 8.68. The van der Waals surface area contributed by atoms with Crippen molar-refractivity contribution >= 4 is 34.6 Å². The van der Waals surface area contributed by atoms with Crippen LogP contribution in [0.5, 0.6) is 0 Å². The Morgan fingerprint density at radius 1 is 0.710 bits per heavy atom. The van der Waals surface area contributed by atoms with Crippen molar-refractivity contribution < 1.29 is 28.7 Å². The van der Waals surface area contributed by atoms with Crippen LogP contribution in [0.25, 0.3) is 44.4 Å². The minimum absolute atomic E-state index is 0.00700. The van der Waals surface area contributed by atoms with E-state index in [1.807, 2.05) is 45.0 Å². The van der Waals surface area contributed by atoms with Crippen LogP contribution in [0.2, 0.25) is 0 Å². The molecule has 1 unspecified atom stereocenters. The van der Waals surface area contributed by atoms with Crippen molar-refractivity contribution in [3.63, 3.8) is 0 Å². The van der Waals surface area contributed by atoms with E-state index in [9.17, 15) is 19.2 Å². The van der Waals surface area contributed by atoms with Crippen molar-refractivity contribution in [1.29, 1.82) is 0 Å². The average Bonchev–Trinajstić information content (AvgIpc) is 3.91. The van der Waals surface area contributed by atoms with Crippen molar-refractivity contribution in [3.8, 4) is 33.6 Å².